The zero-order chi connectivity index (χ0) is 22.0. The van der Waals surface area contributed by atoms with Gasteiger partial charge in [0.25, 0.3) is 5.69 Å². The molecule has 3 aliphatic rings. The molecule has 1 heterocycles. The van der Waals surface area contributed by atoms with Crippen LogP contribution in [0.4, 0.5) is 11.4 Å². The standard InChI is InChI=1S/C25H22N2O4/c1-13-11-19(20(27(30)31)12-14(13)2)26-24(28)22-17-9-10-18(23(22)25(26)29)21(17)15(3)16-7-5-4-6-8-16/h4-12,17-18,22-23H,1-3H3/t17-,18-,22-,23+/m1/s1. The normalized spacial score (nSPS) is 27.8. The molecule has 5 rings (SSSR count). The van der Waals surface area contributed by atoms with Gasteiger partial charge in [0, 0.05) is 17.9 Å². The van der Waals surface area contributed by atoms with Crippen LogP contribution < -0.4 is 4.90 Å². The van der Waals surface area contributed by atoms with Crippen LogP contribution >= 0.6 is 0 Å². The van der Waals surface area contributed by atoms with Crippen LogP contribution in [0.1, 0.15) is 23.6 Å². The van der Waals surface area contributed by atoms with E-state index >= 15 is 0 Å². The molecule has 31 heavy (non-hydrogen) atoms. The highest BCUT2D eigenvalue weighted by atomic mass is 16.6. The van der Waals surface area contributed by atoms with Crippen LogP contribution in [0.5, 0.6) is 0 Å². The fourth-order valence-corrected chi connectivity index (χ4v) is 5.47. The molecular formula is C25H22N2O4. The minimum Gasteiger partial charge on any atom is -0.274 e. The molecule has 0 aromatic heterocycles. The molecule has 4 atom stereocenters. The van der Waals surface area contributed by atoms with Gasteiger partial charge in [0.15, 0.2) is 0 Å². The number of nitro benzene ring substituents is 1. The van der Waals surface area contributed by atoms with E-state index in [2.05, 4.69) is 0 Å². The zero-order valence-electron chi connectivity index (χ0n) is 17.5. The van der Waals surface area contributed by atoms with Crippen molar-refractivity contribution in [2.75, 3.05) is 4.90 Å². The summed E-state index contributed by atoms with van der Waals surface area (Å²) in [5.41, 5.74) is 4.73. The van der Waals surface area contributed by atoms with Crippen molar-refractivity contribution in [2.24, 2.45) is 23.7 Å². The summed E-state index contributed by atoms with van der Waals surface area (Å²) in [6.07, 6.45) is 4.05. The smallest absolute Gasteiger partial charge is 0.274 e. The molecule has 156 valence electrons. The molecule has 2 aromatic carbocycles. The van der Waals surface area contributed by atoms with E-state index in [0.717, 1.165) is 32.7 Å². The summed E-state index contributed by atoms with van der Waals surface area (Å²) in [6.45, 7) is 5.64. The Morgan fingerprint density at radius 2 is 1.48 bits per heavy atom. The lowest BCUT2D eigenvalue weighted by atomic mass is 9.85. The average Bonchev–Trinajstić information content (AvgIpc) is 3.39. The highest BCUT2D eigenvalue weighted by Gasteiger charge is 2.62. The lowest BCUT2D eigenvalue weighted by Gasteiger charge is -2.20. The van der Waals surface area contributed by atoms with Crippen LogP contribution in [-0.2, 0) is 9.59 Å². The van der Waals surface area contributed by atoms with Gasteiger partial charge >= 0.3 is 0 Å². The predicted octanol–water partition coefficient (Wildman–Crippen LogP) is 4.61. The number of imide groups is 1. The van der Waals surface area contributed by atoms with Gasteiger partial charge in [-0.25, -0.2) is 4.90 Å². The summed E-state index contributed by atoms with van der Waals surface area (Å²) >= 11 is 0. The number of hydrogen-bond donors (Lipinski definition) is 0. The summed E-state index contributed by atoms with van der Waals surface area (Å²) in [7, 11) is 0. The van der Waals surface area contributed by atoms with E-state index in [1.807, 2.05) is 56.3 Å². The maximum atomic E-state index is 13.5. The van der Waals surface area contributed by atoms with E-state index in [4.69, 9.17) is 0 Å². The van der Waals surface area contributed by atoms with E-state index in [1.54, 1.807) is 13.0 Å². The van der Waals surface area contributed by atoms with Crippen LogP contribution in [0, 0.1) is 47.6 Å². The highest BCUT2D eigenvalue weighted by molar-refractivity contribution is 6.24. The first kappa shape index (κ1) is 19.4. The Balaban J connectivity index is 1.59. The van der Waals surface area contributed by atoms with Crippen molar-refractivity contribution in [1.29, 1.82) is 0 Å². The first-order valence-corrected chi connectivity index (χ1v) is 10.4. The summed E-state index contributed by atoms with van der Waals surface area (Å²) < 4.78 is 0. The molecule has 1 saturated carbocycles. The number of carbonyl (C=O) groups is 2. The molecule has 1 saturated heterocycles. The Hall–Kier alpha value is -3.54. The Labute approximate surface area is 180 Å². The largest absolute Gasteiger partial charge is 0.293 e. The van der Waals surface area contributed by atoms with Crippen molar-refractivity contribution in [3.63, 3.8) is 0 Å². The first-order valence-electron chi connectivity index (χ1n) is 10.4. The number of aryl methyl sites for hydroxylation is 2. The number of amides is 2. The third-order valence-electron chi connectivity index (χ3n) is 7.08. The van der Waals surface area contributed by atoms with Crippen molar-refractivity contribution >= 4 is 28.8 Å². The number of rotatable bonds is 3. The molecule has 1 aliphatic heterocycles. The van der Waals surface area contributed by atoms with Crippen molar-refractivity contribution < 1.29 is 14.5 Å². The van der Waals surface area contributed by atoms with Crippen LogP contribution in [0.15, 0.2) is 60.2 Å². The fourth-order valence-electron chi connectivity index (χ4n) is 5.47. The first-order chi connectivity index (χ1) is 14.8. The topological polar surface area (TPSA) is 80.5 Å². The van der Waals surface area contributed by atoms with E-state index in [9.17, 15) is 19.7 Å². The number of allylic oxidation sites excluding steroid dienone is 4. The summed E-state index contributed by atoms with van der Waals surface area (Å²) in [4.78, 5) is 39.2. The summed E-state index contributed by atoms with van der Waals surface area (Å²) in [5, 5.41) is 11.7. The van der Waals surface area contributed by atoms with Crippen molar-refractivity contribution in [2.45, 2.75) is 20.8 Å². The Morgan fingerprint density at radius 1 is 0.935 bits per heavy atom. The lowest BCUT2D eigenvalue weighted by Crippen LogP contribution is -2.34. The van der Waals surface area contributed by atoms with Gasteiger partial charge in [0.05, 0.1) is 16.8 Å². The quantitative estimate of drug-likeness (QED) is 0.318. The number of hydrogen-bond acceptors (Lipinski definition) is 4. The van der Waals surface area contributed by atoms with Gasteiger partial charge in [-0.15, -0.1) is 0 Å². The predicted molar refractivity (Wildman–Crippen MR) is 117 cm³/mol. The Morgan fingerprint density at radius 3 is 2.03 bits per heavy atom. The number of fused-ring (bicyclic) bond motifs is 5. The third-order valence-corrected chi connectivity index (χ3v) is 7.08. The Bertz CT molecular complexity index is 1180. The second-order valence-electron chi connectivity index (χ2n) is 8.63. The molecule has 0 N–H and O–H groups in total. The van der Waals surface area contributed by atoms with E-state index in [-0.39, 0.29) is 35.0 Å². The monoisotopic (exact) mass is 414 g/mol. The maximum absolute atomic E-state index is 13.5. The molecule has 6 nitrogen and oxygen atoms in total. The van der Waals surface area contributed by atoms with Crippen molar-refractivity contribution in [3.8, 4) is 0 Å². The van der Waals surface area contributed by atoms with Gasteiger partial charge in [0.1, 0.15) is 5.69 Å². The van der Waals surface area contributed by atoms with Crippen LogP contribution in [-0.4, -0.2) is 16.7 Å². The van der Waals surface area contributed by atoms with Gasteiger partial charge in [-0.3, -0.25) is 19.7 Å². The molecule has 0 unspecified atom stereocenters. The molecule has 2 bridgehead atoms. The van der Waals surface area contributed by atoms with E-state index in [0.29, 0.717) is 0 Å². The van der Waals surface area contributed by atoms with Gasteiger partial charge < -0.3 is 0 Å². The minimum atomic E-state index is -0.520. The molecule has 2 amide bonds. The molecule has 2 fully saturated rings. The van der Waals surface area contributed by atoms with Gasteiger partial charge in [-0.2, -0.15) is 0 Å². The molecule has 2 aromatic rings. The molecule has 6 heteroatoms. The van der Waals surface area contributed by atoms with Crippen LogP contribution in [0.3, 0.4) is 0 Å². The number of anilines is 1. The zero-order valence-corrected chi connectivity index (χ0v) is 17.5. The molecule has 0 radical (unpaired) electrons. The van der Waals surface area contributed by atoms with E-state index < -0.39 is 16.8 Å². The number of benzene rings is 2. The van der Waals surface area contributed by atoms with Gasteiger partial charge in [-0.1, -0.05) is 48.1 Å². The third kappa shape index (κ3) is 2.64. The summed E-state index contributed by atoms with van der Waals surface area (Å²) in [6, 6.07) is 13.0. The molecule has 2 aliphatic carbocycles. The Kier molecular flexibility index (Phi) is 4.22. The lowest BCUT2D eigenvalue weighted by molar-refractivity contribution is -0.384. The number of carbonyl (C=O) groups excluding carboxylic acids is 2. The minimum absolute atomic E-state index is 0.0854. The second kappa shape index (κ2) is 6.74. The number of nitrogens with zero attached hydrogens (tertiary/aromatic N) is 2. The SMILES string of the molecule is CC(=C1[C@H]2C=C[C@H]1[C@H]1C(=O)N(c3cc(C)c(C)cc3[N+](=O)[O-])C(=O)[C@H]12)c1ccccc1. The van der Waals surface area contributed by atoms with Crippen molar-refractivity contribution in [1.82, 2.24) is 0 Å². The molecular weight excluding hydrogens is 392 g/mol. The van der Waals surface area contributed by atoms with Crippen molar-refractivity contribution in [3.05, 3.63) is 87.0 Å². The van der Waals surface area contributed by atoms with Crippen LogP contribution in [0.2, 0.25) is 0 Å². The van der Waals surface area contributed by atoms with Gasteiger partial charge in [-0.05, 0) is 49.1 Å². The van der Waals surface area contributed by atoms with Crippen LogP contribution in [0.25, 0.3) is 5.57 Å². The average molecular weight is 414 g/mol. The maximum Gasteiger partial charge on any atom is 0.293 e. The summed E-state index contributed by atoms with van der Waals surface area (Å²) in [5.74, 6) is -1.98. The van der Waals surface area contributed by atoms with E-state index in [1.165, 1.54) is 6.07 Å². The number of nitro groups is 1. The fraction of sp³-hybridized carbons (Fsp3) is 0.280. The van der Waals surface area contributed by atoms with Gasteiger partial charge in [0.2, 0.25) is 11.8 Å². The second-order valence-corrected chi connectivity index (χ2v) is 8.63. The highest BCUT2D eigenvalue weighted by Crippen LogP contribution is 2.58. The molecule has 0 spiro atoms.